The van der Waals surface area contributed by atoms with Crippen LogP contribution in [0.15, 0.2) is 30.3 Å². The van der Waals surface area contributed by atoms with E-state index in [-0.39, 0.29) is 5.91 Å². The zero-order valence-electron chi connectivity index (χ0n) is 14.2. The molecule has 1 aromatic carbocycles. The Kier molecular flexibility index (Phi) is 4.64. The number of hydrogen-bond donors (Lipinski definition) is 1. The maximum atomic E-state index is 12.5. The van der Waals surface area contributed by atoms with Crippen LogP contribution in [0.1, 0.15) is 16.8 Å². The molecular formula is C18H23N5O. The molecule has 1 saturated heterocycles. The quantitative estimate of drug-likeness (QED) is 0.927. The fourth-order valence-electron chi connectivity index (χ4n) is 2.91. The van der Waals surface area contributed by atoms with Crippen LogP contribution in [-0.4, -0.2) is 47.0 Å². The summed E-state index contributed by atoms with van der Waals surface area (Å²) >= 11 is 0. The average Bonchev–Trinajstić information content (AvgIpc) is 2.56. The summed E-state index contributed by atoms with van der Waals surface area (Å²) in [5, 5.41) is 0. The largest absolute Gasteiger partial charge is 0.368 e. The van der Waals surface area contributed by atoms with E-state index in [2.05, 4.69) is 14.9 Å². The molecule has 0 atom stereocenters. The first-order valence-corrected chi connectivity index (χ1v) is 8.21. The maximum Gasteiger partial charge on any atom is 0.227 e. The molecular weight excluding hydrogens is 302 g/mol. The topological polar surface area (TPSA) is 75.4 Å². The highest BCUT2D eigenvalue weighted by molar-refractivity contribution is 5.79. The summed E-state index contributed by atoms with van der Waals surface area (Å²) < 4.78 is 0. The Hall–Kier alpha value is -2.63. The lowest BCUT2D eigenvalue weighted by atomic mass is 10.1. The number of hydrogen-bond acceptors (Lipinski definition) is 5. The molecule has 1 fully saturated rings. The summed E-state index contributed by atoms with van der Waals surface area (Å²) in [7, 11) is 0. The van der Waals surface area contributed by atoms with Gasteiger partial charge in [0.05, 0.1) is 6.42 Å². The number of rotatable bonds is 3. The highest BCUT2D eigenvalue weighted by Crippen LogP contribution is 2.16. The van der Waals surface area contributed by atoms with E-state index in [0.717, 1.165) is 30.2 Å². The van der Waals surface area contributed by atoms with E-state index in [1.54, 1.807) is 0 Å². The van der Waals surface area contributed by atoms with Crippen LogP contribution in [-0.2, 0) is 11.2 Å². The lowest BCUT2D eigenvalue weighted by molar-refractivity contribution is -0.130. The molecule has 6 heteroatoms. The number of nitrogen functional groups attached to an aromatic ring is 1. The first kappa shape index (κ1) is 16.2. The molecule has 0 bridgehead atoms. The molecule has 6 nitrogen and oxygen atoms in total. The van der Waals surface area contributed by atoms with Gasteiger partial charge in [0.2, 0.25) is 11.9 Å². The molecule has 0 saturated carbocycles. The van der Waals surface area contributed by atoms with Gasteiger partial charge in [0.1, 0.15) is 5.82 Å². The number of aromatic nitrogens is 2. The molecule has 0 aliphatic carbocycles. The predicted molar refractivity (Wildman–Crippen MR) is 94.9 cm³/mol. The van der Waals surface area contributed by atoms with Gasteiger partial charge in [-0.2, -0.15) is 4.98 Å². The molecule has 0 radical (unpaired) electrons. The number of carbonyl (C=O) groups excluding carboxylic acids is 1. The second-order valence-corrected chi connectivity index (χ2v) is 6.26. The van der Waals surface area contributed by atoms with Crippen LogP contribution in [0.3, 0.4) is 0 Å². The molecule has 1 aliphatic heterocycles. The standard InChI is InChI=1S/C18H23N5O/c1-13-3-5-15(6-4-13)12-17(24)23-9-7-22(8-10-23)16-11-14(2)20-18(19)21-16/h3-6,11H,7-10,12H2,1-2H3,(H2,19,20,21). The number of piperazine rings is 1. The number of aryl methyl sites for hydroxylation is 2. The monoisotopic (exact) mass is 325 g/mol. The van der Waals surface area contributed by atoms with Gasteiger partial charge in [0.15, 0.2) is 0 Å². The first-order valence-electron chi connectivity index (χ1n) is 8.21. The van der Waals surface area contributed by atoms with Crippen LogP contribution in [0.5, 0.6) is 0 Å². The Morgan fingerprint density at radius 3 is 2.38 bits per heavy atom. The number of amides is 1. The molecule has 2 aromatic rings. The Bertz CT molecular complexity index is 700. The smallest absolute Gasteiger partial charge is 0.227 e. The number of benzene rings is 1. The van der Waals surface area contributed by atoms with Crippen LogP contribution in [0.4, 0.5) is 11.8 Å². The molecule has 3 rings (SSSR count). The van der Waals surface area contributed by atoms with Crippen LogP contribution in [0.2, 0.25) is 0 Å². The lowest BCUT2D eigenvalue weighted by Gasteiger charge is -2.35. The van der Waals surface area contributed by atoms with Gasteiger partial charge in [0.25, 0.3) is 0 Å². The molecule has 0 unspecified atom stereocenters. The maximum absolute atomic E-state index is 12.5. The molecule has 2 heterocycles. The molecule has 1 amide bonds. The van der Waals surface area contributed by atoms with Crippen molar-refractivity contribution in [1.82, 2.24) is 14.9 Å². The number of carbonyl (C=O) groups is 1. The Balaban J connectivity index is 1.58. The Morgan fingerprint density at radius 1 is 1.08 bits per heavy atom. The van der Waals surface area contributed by atoms with Gasteiger partial charge in [-0.05, 0) is 19.4 Å². The van der Waals surface area contributed by atoms with Crippen LogP contribution >= 0.6 is 0 Å². The average molecular weight is 325 g/mol. The van der Waals surface area contributed by atoms with Crippen molar-refractivity contribution in [3.05, 3.63) is 47.2 Å². The summed E-state index contributed by atoms with van der Waals surface area (Å²) in [5.74, 6) is 1.31. The SMILES string of the molecule is Cc1ccc(CC(=O)N2CCN(c3cc(C)nc(N)n3)CC2)cc1. The normalized spacial score (nSPS) is 14.8. The summed E-state index contributed by atoms with van der Waals surface area (Å²) in [6, 6.07) is 10.1. The van der Waals surface area contributed by atoms with Gasteiger partial charge in [0, 0.05) is 37.9 Å². The van der Waals surface area contributed by atoms with Crippen LogP contribution < -0.4 is 10.6 Å². The minimum absolute atomic E-state index is 0.178. The van der Waals surface area contributed by atoms with Crippen molar-refractivity contribution >= 4 is 17.7 Å². The van der Waals surface area contributed by atoms with Crippen molar-refractivity contribution < 1.29 is 4.79 Å². The minimum atomic E-state index is 0.178. The third kappa shape index (κ3) is 3.82. The molecule has 126 valence electrons. The van der Waals surface area contributed by atoms with Crippen molar-refractivity contribution in [2.24, 2.45) is 0 Å². The van der Waals surface area contributed by atoms with Gasteiger partial charge >= 0.3 is 0 Å². The van der Waals surface area contributed by atoms with Crippen molar-refractivity contribution in [1.29, 1.82) is 0 Å². The van der Waals surface area contributed by atoms with Crippen molar-refractivity contribution in [2.75, 3.05) is 36.8 Å². The number of anilines is 2. The highest BCUT2D eigenvalue weighted by Gasteiger charge is 2.22. The van der Waals surface area contributed by atoms with Gasteiger partial charge in [-0.3, -0.25) is 4.79 Å². The van der Waals surface area contributed by atoms with E-state index >= 15 is 0 Å². The van der Waals surface area contributed by atoms with Crippen molar-refractivity contribution in [3.63, 3.8) is 0 Å². The van der Waals surface area contributed by atoms with E-state index in [1.165, 1.54) is 5.56 Å². The third-order valence-electron chi connectivity index (χ3n) is 4.29. The second kappa shape index (κ2) is 6.86. The zero-order chi connectivity index (χ0) is 17.1. The summed E-state index contributed by atoms with van der Waals surface area (Å²) in [6.45, 7) is 6.88. The third-order valence-corrected chi connectivity index (χ3v) is 4.29. The zero-order valence-corrected chi connectivity index (χ0v) is 14.2. The van der Waals surface area contributed by atoms with E-state index in [9.17, 15) is 4.79 Å². The summed E-state index contributed by atoms with van der Waals surface area (Å²) in [4.78, 5) is 24.9. The fourth-order valence-corrected chi connectivity index (χ4v) is 2.91. The van der Waals surface area contributed by atoms with E-state index in [4.69, 9.17) is 5.73 Å². The Morgan fingerprint density at radius 2 is 1.75 bits per heavy atom. The minimum Gasteiger partial charge on any atom is -0.368 e. The van der Waals surface area contributed by atoms with Crippen LogP contribution in [0.25, 0.3) is 0 Å². The fraction of sp³-hybridized carbons (Fsp3) is 0.389. The van der Waals surface area contributed by atoms with E-state index < -0.39 is 0 Å². The van der Waals surface area contributed by atoms with Crippen LogP contribution in [0, 0.1) is 13.8 Å². The van der Waals surface area contributed by atoms with Crippen molar-refractivity contribution in [3.8, 4) is 0 Å². The van der Waals surface area contributed by atoms with Gasteiger partial charge in [-0.15, -0.1) is 0 Å². The lowest BCUT2D eigenvalue weighted by Crippen LogP contribution is -2.49. The molecule has 1 aliphatic rings. The Labute approximate surface area is 142 Å². The van der Waals surface area contributed by atoms with Gasteiger partial charge < -0.3 is 15.5 Å². The summed E-state index contributed by atoms with van der Waals surface area (Å²) in [6.07, 6.45) is 0.458. The predicted octanol–water partition coefficient (Wildman–Crippen LogP) is 1.57. The number of nitrogens with zero attached hydrogens (tertiary/aromatic N) is 4. The van der Waals surface area contributed by atoms with Crippen molar-refractivity contribution in [2.45, 2.75) is 20.3 Å². The first-order chi connectivity index (χ1) is 11.5. The summed E-state index contributed by atoms with van der Waals surface area (Å²) in [5.41, 5.74) is 8.85. The molecule has 2 N–H and O–H groups in total. The molecule has 1 aromatic heterocycles. The van der Waals surface area contributed by atoms with Gasteiger partial charge in [-0.1, -0.05) is 29.8 Å². The molecule has 24 heavy (non-hydrogen) atoms. The highest BCUT2D eigenvalue weighted by atomic mass is 16.2. The molecule has 0 spiro atoms. The number of nitrogens with two attached hydrogens (primary N) is 1. The van der Waals surface area contributed by atoms with Gasteiger partial charge in [-0.25, -0.2) is 4.98 Å². The van der Waals surface area contributed by atoms with E-state index in [1.807, 2.05) is 49.1 Å². The van der Waals surface area contributed by atoms with E-state index in [0.29, 0.717) is 25.5 Å². The second-order valence-electron chi connectivity index (χ2n) is 6.26.